The first kappa shape index (κ1) is 13.5. The Labute approximate surface area is 88.0 Å². The number of ether oxygens (including phenoxy) is 1. The van der Waals surface area contributed by atoms with Crippen LogP contribution in [0.1, 0.15) is 65.7 Å². The lowest BCUT2D eigenvalue weighted by atomic mass is 10.1. The van der Waals surface area contributed by atoms with Crippen molar-refractivity contribution in [1.29, 1.82) is 0 Å². The van der Waals surface area contributed by atoms with Crippen molar-refractivity contribution in [1.82, 2.24) is 0 Å². The molecule has 0 aromatic rings. The summed E-state index contributed by atoms with van der Waals surface area (Å²) in [5, 5.41) is 0. The molecular weight excluding hydrogens is 176 g/mol. The Morgan fingerprint density at radius 3 is 2.14 bits per heavy atom. The first-order chi connectivity index (χ1) is 6.70. The van der Waals surface area contributed by atoms with Crippen molar-refractivity contribution < 1.29 is 9.53 Å². The largest absolute Gasteiger partial charge is 0.463 e. The minimum absolute atomic E-state index is 0.136. The van der Waals surface area contributed by atoms with E-state index < -0.39 is 0 Å². The molecule has 0 fully saturated rings. The molecule has 0 saturated carbocycles. The lowest BCUT2D eigenvalue weighted by molar-refractivity contribution is -0.147. The van der Waals surface area contributed by atoms with Crippen LogP contribution in [0.3, 0.4) is 0 Å². The molecule has 0 aromatic heterocycles. The van der Waals surface area contributed by atoms with Gasteiger partial charge in [0.1, 0.15) is 6.10 Å². The molecule has 0 heterocycles. The Kier molecular flexibility index (Phi) is 8.70. The van der Waals surface area contributed by atoms with Gasteiger partial charge in [-0.05, 0) is 19.3 Å². The second-order valence-corrected chi connectivity index (χ2v) is 3.87. The van der Waals surface area contributed by atoms with E-state index >= 15 is 0 Å². The van der Waals surface area contributed by atoms with Gasteiger partial charge in [-0.1, -0.05) is 39.5 Å². The van der Waals surface area contributed by atoms with Crippen LogP contribution in [0.4, 0.5) is 0 Å². The molecule has 0 aliphatic heterocycles. The lowest BCUT2D eigenvalue weighted by Crippen LogP contribution is -2.16. The summed E-state index contributed by atoms with van der Waals surface area (Å²) in [6.07, 6.45) is 8.20. The highest BCUT2D eigenvalue weighted by molar-refractivity contribution is 5.66. The normalized spacial score (nSPS) is 12.5. The van der Waals surface area contributed by atoms with Crippen LogP contribution in [-0.4, -0.2) is 12.1 Å². The Bertz CT molecular complexity index is 143. The number of esters is 1. The summed E-state index contributed by atoms with van der Waals surface area (Å²) in [5.74, 6) is -0.136. The van der Waals surface area contributed by atoms with Gasteiger partial charge in [0.15, 0.2) is 0 Å². The van der Waals surface area contributed by atoms with Crippen LogP contribution in [0.5, 0.6) is 0 Å². The van der Waals surface area contributed by atoms with Crippen LogP contribution in [0, 0.1) is 0 Å². The maximum atomic E-state index is 10.8. The number of hydrogen-bond donors (Lipinski definition) is 0. The first-order valence-corrected chi connectivity index (χ1v) is 5.87. The van der Waals surface area contributed by atoms with Gasteiger partial charge in [-0.15, -0.1) is 0 Å². The number of carbonyl (C=O) groups excluding carboxylic acids is 1. The smallest absolute Gasteiger partial charge is 0.302 e. The standard InChI is InChI=1S/C12H24O2/c1-4-6-8-10-12(9-7-5-2)14-11(3)13/h12H,4-10H2,1-3H3. The zero-order chi connectivity index (χ0) is 10.8. The van der Waals surface area contributed by atoms with Crippen molar-refractivity contribution in [2.75, 3.05) is 0 Å². The summed E-state index contributed by atoms with van der Waals surface area (Å²) in [6, 6.07) is 0. The summed E-state index contributed by atoms with van der Waals surface area (Å²) in [7, 11) is 0. The zero-order valence-corrected chi connectivity index (χ0v) is 9.84. The highest BCUT2D eigenvalue weighted by Gasteiger charge is 2.10. The van der Waals surface area contributed by atoms with Gasteiger partial charge in [0.05, 0.1) is 0 Å². The number of carbonyl (C=O) groups is 1. The van der Waals surface area contributed by atoms with Crippen molar-refractivity contribution >= 4 is 5.97 Å². The minimum Gasteiger partial charge on any atom is -0.463 e. The summed E-state index contributed by atoms with van der Waals surface area (Å²) >= 11 is 0. The van der Waals surface area contributed by atoms with E-state index in [1.54, 1.807) is 0 Å². The Balaban J connectivity index is 3.66. The highest BCUT2D eigenvalue weighted by Crippen LogP contribution is 2.13. The van der Waals surface area contributed by atoms with Crippen LogP contribution in [0.2, 0.25) is 0 Å². The van der Waals surface area contributed by atoms with E-state index in [2.05, 4.69) is 13.8 Å². The van der Waals surface area contributed by atoms with Crippen molar-refractivity contribution in [2.45, 2.75) is 71.8 Å². The SMILES string of the molecule is CCCCCC(CCCC)OC(C)=O. The summed E-state index contributed by atoms with van der Waals surface area (Å²) in [4.78, 5) is 10.8. The van der Waals surface area contributed by atoms with Gasteiger partial charge in [0.2, 0.25) is 0 Å². The van der Waals surface area contributed by atoms with Crippen molar-refractivity contribution in [3.8, 4) is 0 Å². The van der Waals surface area contributed by atoms with E-state index in [9.17, 15) is 4.79 Å². The molecule has 2 heteroatoms. The maximum absolute atomic E-state index is 10.8. The van der Waals surface area contributed by atoms with Gasteiger partial charge in [-0.25, -0.2) is 0 Å². The van der Waals surface area contributed by atoms with Gasteiger partial charge >= 0.3 is 5.97 Å². The second kappa shape index (κ2) is 9.04. The molecule has 0 aliphatic rings. The third-order valence-electron chi connectivity index (χ3n) is 2.34. The van der Waals surface area contributed by atoms with Crippen molar-refractivity contribution in [2.24, 2.45) is 0 Å². The maximum Gasteiger partial charge on any atom is 0.302 e. The van der Waals surface area contributed by atoms with Crippen LogP contribution in [0.25, 0.3) is 0 Å². The molecule has 0 N–H and O–H groups in total. The van der Waals surface area contributed by atoms with E-state index in [4.69, 9.17) is 4.74 Å². The molecule has 1 unspecified atom stereocenters. The van der Waals surface area contributed by atoms with Crippen molar-refractivity contribution in [3.05, 3.63) is 0 Å². The number of unbranched alkanes of at least 4 members (excludes halogenated alkanes) is 3. The molecule has 0 saturated heterocycles. The summed E-state index contributed by atoms with van der Waals surface area (Å²) in [6.45, 7) is 5.85. The molecule has 0 bridgehead atoms. The third-order valence-corrected chi connectivity index (χ3v) is 2.34. The molecule has 0 rings (SSSR count). The topological polar surface area (TPSA) is 26.3 Å². The van der Waals surface area contributed by atoms with Gasteiger partial charge in [-0.2, -0.15) is 0 Å². The third kappa shape index (κ3) is 8.09. The monoisotopic (exact) mass is 200 g/mol. The molecule has 0 aliphatic carbocycles. The average Bonchev–Trinajstić information content (AvgIpc) is 2.13. The lowest BCUT2D eigenvalue weighted by Gasteiger charge is -2.16. The predicted octanol–water partition coefficient (Wildman–Crippen LogP) is 3.69. The molecule has 1 atom stereocenters. The van der Waals surface area contributed by atoms with E-state index in [0.717, 1.165) is 19.3 Å². The van der Waals surface area contributed by atoms with Gasteiger partial charge < -0.3 is 4.74 Å². The Morgan fingerprint density at radius 2 is 1.64 bits per heavy atom. The summed E-state index contributed by atoms with van der Waals surface area (Å²) in [5.41, 5.74) is 0. The average molecular weight is 200 g/mol. The van der Waals surface area contributed by atoms with Crippen LogP contribution in [0.15, 0.2) is 0 Å². The van der Waals surface area contributed by atoms with Crippen LogP contribution < -0.4 is 0 Å². The molecule has 0 amide bonds. The molecule has 14 heavy (non-hydrogen) atoms. The number of rotatable bonds is 8. The van der Waals surface area contributed by atoms with Gasteiger partial charge in [0.25, 0.3) is 0 Å². The van der Waals surface area contributed by atoms with Gasteiger partial charge in [-0.3, -0.25) is 4.79 Å². The Hall–Kier alpha value is -0.530. The zero-order valence-electron chi connectivity index (χ0n) is 9.84. The Morgan fingerprint density at radius 1 is 1.07 bits per heavy atom. The van der Waals surface area contributed by atoms with E-state index in [-0.39, 0.29) is 12.1 Å². The molecular formula is C12H24O2. The van der Waals surface area contributed by atoms with Crippen LogP contribution >= 0.6 is 0 Å². The molecule has 0 aromatic carbocycles. The minimum atomic E-state index is -0.136. The quantitative estimate of drug-likeness (QED) is 0.441. The molecule has 84 valence electrons. The van der Waals surface area contributed by atoms with E-state index in [0.29, 0.717) is 0 Å². The van der Waals surface area contributed by atoms with E-state index in [1.165, 1.54) is 32.6 Å². The fourth-order valence-corrected chi connectivity index (χ4v) is 1.55. The fraction of sp³-hybridized carbons (Fsp3) is 0.917. The van der Waals surface area contributed by atoms with Crippen molar-refractivity contribution in [3.63, 3.8) is 0 Å². The summed E-state index contributed by atoms with van der Waals surface area (Å²) < 4.78 is 5.26. The van der Waals surface area contributed by atoms with Crippen LogP contribution in [-0.2, 0) is 9.53 Å². The van der Waals surface area contributed by atoms with E-state index in [1.807, 2.05) is 0 Å². The molecule has 2 nitrogen and oxygen atoms in total. The number of hydrogen-bond acceptors (Lipinski definition) is 2. The molecule has 0 radical (unpaired) electrons. The second-order valence-electron chi connectivity index (χ2n) is 3.87. The first-order valence-electron chi connectivity index (χ1n) is 5.87. The predicted molar refractivity (Wildman–Crippen MR) is 59.2 cm³/mol. The highest BCUT2D eigenvalue weighted by atomic mass is 16.5. The fourth-order valence-electron chi connectivity index (χ4n) is 1.55. The van der Waals surface area contributed by atoms with Gasteiger partial charge in [0, 0.05) is 6.92 Å². The molecule has 0 spiro atoms.